The van der Waals surface area contributed by atoms with Gasteiger partial charge in [-0.05, 0) is 150 Å². The summed E-state index contributed by atoms with van der Waals surface area (Å²) in [7, 11) is 0. The summed E-state index contributed by atoms with van der Waals surface area (Å²) < 4.78 is 2.54. The largest absolute Gasteiger partial charge is 0.309 e. The fourth-order valence-corrected chi connectivity index (χ4v) is 13.0. The van der Waals surface area contributed by atoms with Gasteiger partial charge in [-0.3, -0.25) is 0 Å². The monoisotopic (exact) mass is 817 g/mol. The number of nitrogens with zero attached hydrogens (tertiary/aromatic N) is 1. The molecule has 0 saturated heterocycles. The Labute approximate surface area is 375 Å². The molecule has 0 atom stereocenters. The van der Waals surface area contributed by atoms with Crippen LogP contribution in [0.25, 0.3) is 83.1 Å². The third kappa shape index (κ3) is 4.35. The third-order valence-corrected chi connectivity index (χ3v) is 16.1. The van der Waals surface area contributed by atoms with Crippen LogP contribution in [0.4, 0.5) is 0 Å². The van der Waals surface area contributed by atoms with Crippen LogP contribution >= 0.6 is 0 Å². The van der Waals surface area contributed by atoms with Crippen molar-refractivity contribution in [1.82, 2.24) is 4.57 Å². The highest BCUT2D eigenvalue weighted by Crippen LogP contribution is 2.62. The SMILES string of the molecule is Cc1ccc2c(c1)C(C)(C)c1cc(-c3ccc4c(c3)-c3cc(-c5ccc6c(c5)C(C)(C)c5cc(C)ccc5-6)ccc3C43c4ccccc4-n4c5ccccc5c5cccc3c54)ccc1-2. The summed E-state index contributed by atoms with van der Waals surface area (Å²) in [6, 6.07) is 68.4. The van der Waals surface area contributed by atoms with Gasteiger partial charge in [0.1, 0.15) is 0 Å². The zero-order valence-electron chi connectivity index (χ0n) is 37.2. The van der Waals surface area contributed by atoms with E-state index in [1.54, 1.807) is 0 Å². The van der Waals surface area contributed by atoms with E-state index in [1.165, 1.54) is 139 Å². The number of para-hydroxylation sites is 3. The van der Waals surface area contributed by atoms with Crippen LogP contribution in [0, 0.1) is 13.8 Å². The van der Waals surface area contributed by atoms with Crippen molar-refractivity contribution in [3.63, 3.8) is 0 Å². The highest BCUT2D eigenvalue weighted by Gasteiger charge is 2.51. The molecular weight excluding hydrogens is 771 g/mol. The van der Waals surface area contributed by atoms with Gasteiger partial charge in [0.05, 0.1) is 22.1 Å². The molecule has 0 unspecified atom stereocenters. The Morgan fingerprint density at radius 2 is 0.781 bits per heavy atom. The van der Waals surface area contributed by atoms with Crippen molar-refractivity contribution in [2.24, 2.45) is 0 Å². The maximum Gasteiger partial charge on any atom is 0.0754 e. The van der Waals surface area contributed by atoms with Crippen molar-refractivity contribution in [2.45, 2.75) is 57.8 Å². The summed E-state index contributed by atoms with van der Waals surface area (Å²) in [5.41, 5.74) is 29.9. The second-order valence-electron chi connectivity index (χ2n) is 20.2. The molecule has 1 aromatic heterocycles. The number of fused-ring (bicyclic) bond motifs is 18. The van der Waals surface area contributed by atoms with Crippen LogP contribution in [0.2, 0.25) is 0 Å². The summed E-state index contributed by atoms with van der Waals surface area (Å²) in [5.74, 6) is 0. The maximum atomic E-state index is 2.54. The zero-order chi connectivity index (χ0) is 43.0. The number of aryl methyl sites for hydroxylation is 2. The van der Waals surface area contributed by atoms with E-state index >= 15 is 0 Å². The molecule has 1 aliphatic heterocycles. The van der Waals surface area contributed by atoms with Crippen molar-refractivity contribution >= 4 is 21.8 Å². The van der Waals surface area contributed by atoms with Crippen LogP contribution in [0.15, 0.2) is 176 Å². The molecule has 304 valence electrons. The molecular formula is C63H47N. The van der Waals surface area contributed by atoms with Crippen LogP contribution in [0.3, 0.4) is 0 Å². The van der Waals surface area contributed by atoms with Gasteiger partial charge in [0, 0.05) is 21.6 Å². The first kappa shape index (κ1) is 36.3. The molecule has 0 fully saturated rings. The van der Waals surface area contributed by atoms with Crippen LogP contribution in [0.5, 0.6) is 0 Å². The Kier molecular flexibility index (Phi) is 6.84. The molecule has 0 amide bonds. The molecule has 0 N–H and O–H groups in total. The lowest BCUT2D eigenvalue weighted by Gasteiger charge is -2.39. The van der Waals surface area contributed by atoms with Crippen molar-refractivity contribution in [3.8, 4) is 61.3 Å². The fourth-order valence-electron chi connectivity index (χ4n) is 13.0. The second kappa shape index (κ2) is 12.1. The van der Waals surface area contributed by atoms with Gasteiger partial charge in [-0.1, -0.05) is 178 Å². The van der Waals surface area contributed by atoms with Gasteiger partial charge in [-0.15, -0.1) is 0 Å². The van der Waals surface area contributed by atoms with Crippen LogP contribution in [0.1, 0.15) is 83.3 Å². The van der Waals surface area contributed by atoms with E-state index in [9.17, 15) is 0 Å². The van der Waals surface area contributed by atoms with E-state index < -0.39 is 5.41 Å². The Hall–Kier alpha value is -7.22. The number of rotatable bonds is 2. The average Bonchev–Trinajstić information content (AvgIpc) is 3.95. The zero-order valence-corrected chi connectivity index (χ0v) is 37.2. The molecule has 9 aromatic carbocycles. The first-order valence-electron chi connectivity index (χ1n) is 23.0. The molecule has 3 aliphatic carbocycles. The van der Waals surface area contributed by atoms with Crippen molar-refractivity contribution < 1.29 is 0 Å². The number of hydrogen-bond acceptors (Lipinski definition) is 0. The number of benzene rings is 9. The predicted octanol–water partition coefficient (Wildman–Crippen LogP) is 16.0. The van der Waals surface area contributed by atoms with E-state index in [1.807, 2.05) is 0 Å². The van der Waals surface area contributed by atoms with Crippen LogP contribution in [-0.4, -0.2) is 4.57 Å². The van der Waals surface area contributed by atoms with Gasteiger partial charge < -0.3 is 4.57 Å². The lowest BCUT2D eigenvalue weighted by Crippen LogP contribution is -2.33. The van der Waals surface area contributed by atoms with Gasteiger partial charge in [0.2, 0.25) is 0 Å². The van der Waals surface area contributed by atoms with Gasteiger partial charge in [-0.25, -0.2) is 0 Å². The minimum absolute atomic E-state index is 0.0808. The van der Waals surface area contributed by atoms with Crippen LogP contribution in [-0.2, 0) is 16.2 Å². The van der Waals surface area contributed by atoms with E-state index in [-0.39, 0.29) is 10.8 Å². The quantitative estimate of drug-likeness (QED) is 0.164. The summed E-state index contributed by atoms with van der Waals surface area (Å²) >= 11 is 0. The Bertz CT molecular complexity index is 3590. The smallest absolute Gasteiger partial charge is 0.0754 e. The number of hydrogen-bond donors (Lipinski definition) is 0. The number of aromatic nitrogens is 1. The highest BCUT2D eigenvalue weighted by molar-refractivity contribution is 6.13. The van der Waals surface area contributed by atoms with E-state index in [0.717, 1.165) is 0 Å². The highest BCUT2D eigenvalue weighted by atomic mass is 15.0. The fraction of sp³-hybridized carbons (Fsp3) is 0.143. The molecule has 0 saturated carbocycles. The lowest BCUT2D eigenvalue weighted by atomic mass is 9.65. The average molecular weight is 818 g/mol. The molecule has 1 spiro atoms. The minimum atomic E-state index is -0.513. The Morgan fingerprint density at radius 1 is 0.328 bits per heavy atom. The topological polar surface area (TPSA) is 4.93 Å². The molecule has 0 bridgehead atoms. The Balaban J connectivity index is 1.02. The molecule has 14 rings (SSSR count). The minimum Gasteiger partial charge on any atom is -0.309 e. The lowest BCUT2D eigenvalue weighted by molar-refractivity contribution is 0.660. The molecule has 64 heavy (non-hydrogen) atoms. The normalized spacial score (nSPS) is 15.7. The van der Waals surface area contributed by atoms with Crippen molar-refractivity contribution in [1.29, 1.82) is 0 Å². The predicted molar refractivity (Wildman–Crippen MR) is 267 cm³/mol. The molecule has 4 aliphatic rings. The van der Waals surface area contributed by atoms with E-state index in [2.05, 4.69) is 222 Å². The molecule has 0 radical (unpaired) electrons. The molecule has 2 heterocycles. The van der Waals surface area contributed by atoms with Gasteiger partial charge in [0.25, 0.3) is 0 Å². The Morgan fingerprint density at radius 3 is 1.38 bits per heavy atom. The summed E-state index contributed by atoms with van der Waals surface area (Å²) in [6.07, 6.45) is 0. The van der Waals surface area contributed by atoms with Crippen molar-refractivity contribution in [2.75, 3.05) is 0 Å². The van der Waals surface area contributed by atoms with E-state index in [4.69, 9.17) is 0 Å². The maximum absolute atomic E-state index is 2.54. The van der Waals surface area contributed by atoms with E-state index in [0.29, 0.717) is 0 Å². The van der Waals surface area contributed by atoms with Gasteiger partial charge >= 0.3 is 0 Å². The molecule has 10 aromatic rings. The summed E-state index contributed by atoms with van der Waals surface area (Å²) in [5, 5.41) is 2.60. The molecule has 1 heteroatoms. The molecule has 1 nitrogen and oxygen atoms in total. The van der Waals surface area contributed by atoms with Crippen molar-refractivity contribution in [3.05, 3.63) is 232 Å². The standard InChI is InChI=1S/C63H47N/c1-36-18-24-42-44-26-20-40(34-56(44)61(3,4)54(42)30-36)38-22-28-50-48(32-38)49-33-39(41-21-27-45-43-25-19-37(2)31-55(43)62(5,6)57(45)35-41)23-29-51(49)63(50)52-14-8-10-17-59(52)64-58-16-9-7-12-46(58)47-13-11-15-53(63)60(47)64/h7-35H,1-6H3. The third-order valence-electron chi connectivity index (χ3n) is 16.1. The second-order valence-corrected chi connectivity index (χ2v) is 20.2. The van der Waals surface area contributed by atoms with Gasteiger partial charge in [-0.2, -0.15) is 0 Å². The first-order valence-corrected chi connectivity index (χ1v) is 23.0. The van der Waals surface area contributed by atoms with Crippen LogP contribution < -0.4 is 0 Å². The summed E-state index contributed by atoms with van der Waals surface area (Å²) in [4.78, 5) is 0. The first-order chi connectivity index (χ1) is 31.0. The van der Waals surface area contributed by atoms with Gasteiger partial charge in [0.15, 0.2) is 0 Å². The summed E-state index contributed by atoms with van der Waals surface area (Å²) in [6.45, 7) is 14.0.